The lowest BCUT2D eigenvalue weighted by Crippen LogP contribution is -2.15. The number of aromatic nitrogens is 3. The molecule has 0 saturated heterocycles. The number of fused-ring (bicyclic) bond motifs is 1. The van der Waals surface area contributed by atoms with Crippen molar-refractivity contribution in [3.8, 4) is 0 Å². The number of nitrogens with zero attached hydrogens (tertiary/aromatic N) is 2. The van der Waals surface area contributed by atoms with E-state index in [-0.39, 0.29) is 5.56 Å². The SMILES string of the molecule is O=c1cc(Cc2c(Cl)cccc2Cl)nc2cc[nH]n12. The third-order valence-electron chi connectivity index (χ3n) is 2.85. The molecule has 0 amide bonds. The van der Waals surface area contributed by atoms with E-state index in [1.165, 1.54) is 10.6 Å². The molecule has 0 fully saturated rings. The second-order valence-corrected chi connectivity index (χ2v) is 4.93. The first-order valence-corrected chi connectivity index (χ1v) is 6.40. The molecule has 0 aliphatic heterocycles. The number of hydrogen-bond acceptors (Lipinski definition) is 2. The fraction of sp³-hybridized carbons (Fsp3) is 0.0769. The normalized spacial score (nSPS) is 11.1. The van der Waals surface area contributed by atoms with Gasteiger partial charge >= 0.3 is 0 Å². The summed E-state index contributed by atoms with van der Waals surface area (Å²) in [6, 6.07) is 8.53. The Balaban J connectivity index is 2.08. The number of aromatic amines is 1. The molecule has 0 saturated carbocycles. The first kappa shape index (κ1) is 12.3. The maximum atomic E-state index is 11.8. The van der Waals surface area contributed by atoms with Crippen molar-refractivity contribution in [1.82, 2.24) is 14.6 Å². The quantitative estimate of drug-likeness (QED) is 0.790. The first-order valence-electron chi connectivity index (χ1n) is 5.64. The zero-order valence-corrected chi connectivity index (χ0v) is 11.2. The number of benzene rings is 1. The highest BCUT2D eigenvalue weighted by molar-refractivity contribution is 6.36. The Hall–Kier alpha value is -1.78. The summed E-state index contributed by atoms with van der Waals surface area (Å²) in [5.41, 5.74) is 1.83. The molecule has 0 atom stereocenters. The predicted molar refractivity (Wildman–Crippen MR) is 75.1 cm³/mol. The summed E-state index contributed by atoms with van der Waals surface area (Å²) in [6.07, 6.45) is 2.09. The Bertz CT molecular complexity index is 787. The van der Waals surface area contributed by atoms with Crippen molar-refractivity contribution < 1.29 is 0 Å². The van der Waals surface area contributed by atoms with Gasteiger partial charge in [-0.25, -0.2) is 9.50 Å². The van der Waals surface area contributed by atoms with Crippen LogP contribution < -0.4 is 5.56 Å². The van der Waals surface area contributed by atoms with Crippen LogP contribution in [0.1, 0.15) is 11.3 Å². The zero-order chi connectivity index (χ0) is 13.4. The lowest BCUT2D eigenvalue weighted by atomic mass is 10.1. The fourth-order valence-electron chi connectivity index (χ4n) is 1.95. The van der Waals surface area contributed by atoms with Crippen LogP contribution in [0.25, 0.3) is 5.65 Å². The molecule has 0 unspecified atom stereocenters. The van der Waals surface area contributed by atoms with Crippen LogP contribution in [0.2, 0.25) is 10.0 Å². The van der Waals surface area contributed by atoms with Gasteiger partial charge in [0.1, 0.15) is 0 Å². The molecule has 96 valence electrons. The maximum absolute atomic E-state index is 11.8. The number of hydrogen-bond donors (Lipinski definition) is 1. The summed E-state index contributed by atoms with van der Waals surface area (Å²) >= 11 is 12.2. The van der Waals surface area contributed by atoms with Gasteiger partial charge in [-0.05, 0) is 17.7 Å². The van der Waals surface area contributed by atoms with Crippen LogP contribution in [0.5, 0.6) is 0 Å². The van der Waals surface area contributed by atoms with E-state index in [4.69, 9.17) is 23.2 Å². The molecule has 19 heavy (non-hydrogen) atoms. The molecule has 0 bridgehead atoms. The van der Waals surface area contributed by atoms with Gasteiger partial charge in [0, 0.05) is 34.8 Å². The lowest BCUT2D eigenvalue weighted by Gasteiger charge is -2.06. The summed E-state index contributed by atoms with van der Waals surface area (Å²) in [5, 5.41) is 3.94. The average Bonchev–Trinajstić information content (AvgIpc) is 2.83. The van der Waals surface area contributed by atoms with Gasteiger partial charge in [-0.2, -0.15) is 0 Å². The molecule has 4 nitrogen and oxygen atoms in total. The van der Waals surface area contributed by atoms with Crippen molar-refractivity contribution in [2.75, 3.05) is 0 Å². The highest BCUT2D eigenvalue weighted by Gasteiger charge is 2.09. The smallest absolute Gasteiger partial charge is 0.272 e. The Kier molecular flexibility index (Phi) is 3.05. The molecule has 3 rings (SSSR count). The minimum atomic E-state index is -0.159. The topological polar surface area (TPSA) is 50.2 Å². The van der Waals surface area contributed by atoms with E-state index in [2.05, 4.69) is 10.1 Å². The van der Waals surface area contributed by atoms with Gasteiger partial charge in [-0.3, -0.25) is 9.89 Å². The van der Waals surface area contributed by atoms with Gasteiger partial charge < -0.3 is 0 Å². The molecule has 1 aromatic carbocycles. The zero-order valence-electron chi connectivity index (χ0n) is 9.73. The third-order valence-corrected chi connectivity index (χ3v) is 3.56. The summed E-state index contributed by atoms with van der Waals surface area (Å²) < 4.78 is 1.37. The largest absolute Gasteiger partial charge is 0.297 e. The first-order chi connectivity index (χ1) is 9.15. The number of H-pyrrole nitrogens is 1. The molecule has 0 spiro atoms. The highest BCUT2D eigenvalue weighted by atomic mass is 35.5. The third kappa shape index (κ3) is 2.25. The van der Waals surface area contributed by atoms with Crippen molar-refractivity contribution in [1.29, 1.82) is 0 Å². The van der Waals surface area contributed by atoms with Gasteiger partial charge in [0.25, 0.3) is 5.56 Å². The van der Waals surface area contributed by atoms with Crippen molar-refractivity contribution >= 4 is 28.8 Å². The predicted octanol–water partition coefficient (Wildman–Crippen LogP) is 2.92. The van der Waals surface area contributed by atoms with E-state index in [1.54, 1.807) is 30.5 Å². The minimum Gasteiger partial charge on any atom is -0.297 e. The van der Waals surface area contributed by atoms with E-state index in [1.807, 2.05) is 0 Å². The van der Waals surface area contributed by atoms with Gasteiger partial charge in [-0.1, -0.05) is 29.3 Å². The second kappa shape index (κ2) is 4.72. The average molecular weight is 294 g/mol. The molecule has 2 aromatic heterocycles. The summed E-state index contributed by atoms with van der Waals surface area (Å²) in [6.45, 7) is 0. The van der Waals surface area contributed by atoms with E-state index < -0.39 is 0 Å². The van der Waals surface area contributed by atoms with Crippen LogP contribution in [0.15, 0.2) is 41.3 Å². The van der Waals surface area contributed by atoms with Crippen LogP contribution in [0.3, 0.4) is 0 Å². The maximum Gasteiger partial charge on any atom is 0.272 e. The van der Waals surface area contributed by atoms with Gasteiger partial charge in [0.15, 0.2) is 5.65 Å². The second-order valence-electron chi connectivity index (χ2n) is 4.12. The molecular formula is C13H9Cl2N3O. The number of nitrogens with one attached hydrogen (secondary N) is 1. The van der Waals surface area contributed by atoms with Gasteiger partial charge in [-0.15, -0.1) is 0 Å². The molecule has 0 aliphatic rings. The fourth-order valence-corrected chi connectivity index (χ4v) is 2.48. The van der Waals surface area contributed by atoms with Crippen molar-refractivity contribution in [2.45, 2.75) is 6.42 Å². The molecule has 6 heteroatoms. The molecule has 0 radical (unpaired) electrons. The van der Waals surface area contributed by atoms with Gasteiger partial charge in [0.05, 0.1) is 5.69 Å². The summed E-state index contributed by atoms with van der Waals surface area (Å²) in [4.78, 5) is 16.2. The Morgan fingerprint density at radius 2 is 1.95 bits per heavy atom. The van der Waals surface area contributed by atoms with E-state index in [0.29, 0.717) is 27.8 Å². The van der Waals surface area contributed by atoms with E-state index in [0.717, 1.165) is 5.56 Å². The lowest BCUT2D eigenvalue weighted by molar-refractivity contribution is 0.881. The van der Waals surface area contributed by atoms with Crippen LogP contribution in [0.4, 0.5) is 0 Å². The Morgan fingerprint density at radius 1 is 1.21 bits per heavy atom. The Labute approximate surface area is 118 Å². The van der Waals surface area contributed by atoms with Crippen molar-refractivity contribution in [3.63, 3.8) is 0 Å². The van der Waals surface area contributed by atoms with Crippen LogP contribution in [-0.4, -0.2) is 14.6 Å². The minimum absolute atomic E-state index is 0.159. The standard InChI is InChI=1S/C13H9Cl2N3O/c14-10-2-1-3-11(15)9(10)6-8-7-13(19)18-12(17-8)4-5-16-18/h1-5,7,16H,6H2. The summed E-state index contributed by atoms with van der Waals surface area (Å²) in [5.74, 6) is 0. The van der Waals surface area contributed by atoms with Crippen LogP contribution in [0, 0.1) is 0 Å². The van der Waals surface area contributed by atoms with E-state index in [9.17, 15) is 4.79 Å². The van der Waals surface area contributed by atoms with Crippen molar-refractivity contribution in [2.24, 2.45) is 0 Å². The highest BCUT2D eigenvalue weighted by Crippen LogP contribution is 2.26. The Morgan fingerprint density at radius 3 is 2.68 bits per heavy atom. The molecule has 3 aromatic rings. The van der Waals surface area contributed by atoms with Crippen molar-refractivity contribution in [3.05, 3.63) is 68.2 Å². The molecular weight excluding hydrogens is 285 g/mol. The number of rotatable bonds is 2. The summed E-state index contributed by atoms with van der Waals surface area (Å²) in [7, 11) is 0. The molecule has 2 heterocycles. The van der Waals surface area contributed by atoms with Crippen LogP contribution >= 0.6 is 23.2 Å². The molecule has 1 N–H and O–H groups in total. The monoisotopic (exact) mass is 293 g/mol. The van der Waals surface area contributed by atoms with Gasteiger partial charge in [0.2, 0.25) is 0 Å². The van der Waals surface area contributed by atoms with E-state index >= 15 is 0 Å². The number of halogens is 2. The molecule has 0 aliphatic carbocycles. The van der Waals surface area contributed by atoms with Crippen LogP contribution in [-0.2, 0) is 6.42 Å².